The Balaban J connectivity index is 1.46. The second-order valence-corrected chi connectivity index (χ2v) is 8.03. The lowest BCUT2D eigenvalue weighted by Gasteiger charge is -2.51. The van der Waals surface area contributed by atoms with E-state index >= 15 is 0 Å². The average molecular weight is 356 g/mol. The van der Waals surface area contributed by atoms with Gasteiger partial charge in [-0.05, 0) is 73.8 Å². The summed E-state index contributed by atoms with van der Waals surface area (Å²) in [6.07, 6.45) is 7.03. The Labute approximate surface area is 152 Å². The van der Waals surface area contributed by atoms with E-state index in [0.717, 1.165) is 24.5 Å². The number of rotatable bonds is 4. The molecule has 2 N–H and O–H groups in total. The number of anilines is 1. The first-order valence-electron chi connectivity index (χ1n) is 8.94. The number of fused-ring (bicyclic) bond motifs is 3. The molecule has 6 heteroatoms. The van der Waals surface area contributed by atoms with Crippen LogP contribution in [0.3, 0.4) is 0 Å². The van der Waals surface area contributed by atoms with Crippen LogP contribution in [0.5, 0.6) is 0 Å². The highest BCUT2D eigenvalue weighted by Gasteiger charge is 2.42. The summed E-state index contributed by atoms with van der Waals surface area (Å²) in [5.41, 5.74) is 2.42. The number of thiophene rings is 1. The second kappa shape index (κ2) is 7.14. The number of hydrogen-bond acceptors (Lipinski definition) is 4. The number of amides is 2. The number of urea groups is 1. The van der Waals surface area contributed by atoms with Crippen molar-refractivity contribution in [3.05, 3.63) is 47.1 Å². The Kier molecular flexibility index (Phi) is 4.72. The molecule has 5 rings (SSSR count). The van der Waals surface area contributed by atoms with Crippen molar-refractivity contribution in [3.8, 4) is 0 Å². The lowest BCUT2D eigenvalue weighted by atomic mass is 9.77. The van der Waals surface area contributed by atoms with Crippen LogP contribution in [0, 0.1) is 12.8 Å². The summed E-state index contributed by atoms with van der Waals surface area (Å²) in [5.74, 6) is 0.572. The molecule has 3 saturated heterocycles. The summed E-state index contributed by atoms with van der Waals surface area (Å²) in [6.45, 7) is 4.32. The fourth-order valence-corrected chi connectivity index (χ4v) is 4.96. The van der Waals surface area contributed by atoms with Gasteiger partial charge in [0.1, 0.15) is 0 Å². The van der Waals surface area contributed by atoms with Crippen molar-refractivity contribution >= 4 is 22.4 Å². The number of aromatic nitrogens is 1. The van der Waals surface area contributed by atoms with Gasteiger partial charge in [-0.2, -0.15) is 0 Å². The molecule has 132 valence electrons. The maximum absolute atomic E-state index is 12.5. The topological polar surface area (TPSA) is 57.3 Å². The minimum Gasteiger partial charge on any atom is -0.333 e. The van der Waals surface area contributed by atoms with Crippen molar-refractivity contribution in [2.75, 3.05) is 18.4 Å². The number of piperidine rings is 3. The van der Waals surface area contributed by atoms with Crippen LogP contribution in [0.15, 0.2) is 36.0 Å². The highest BCUT2D eigenvalue weighted by Crippen LogP contribution is 2.34. The molecule has 2 aromatic rings. The fourth-order valence-electron chi connectivity index (χ4n) is 4.18. The van der Waals surface area contributed by atoms with E-state index in [0.29, 0.717) is 12.0 Å². The quantitative estimate of drug-likeness (QED) is 0.884. The molecule has 0 aliphatic carbocycles. The van der Waals surface area contributed by atoms with Crippen molar-refractivity contribution in [1.29, 1.82) is 0 Å². The Bertz CT molecular complexity index is 724. The number of carbonyl (C=O) groups excluding carboxylic acids is 1. The summed E-state index contributed by atoms with van der Waals surface area (Å²) in [6, 6.07) is 6.59. The minimum absolute atomic E-state index is 0.0863. The molecule has 3 aliphatic heterocycles. The van der Waals surface area contributed by atoms with E-state index in [4.69, 9.17) is 0 Å². The minimum atomic E-state index is -0.0863. The van der Waals surface area contributed by atoms with E-state index in [1.807, 2.05) is 31.5 Å². The molecule has 0 radical (unpaired) electrons. The number of nitrogens with one attached hydrogen (secondary N) is 2. The molecule has 2 unspecified atom stereocenters. The number of hydrogen-bond donors (Lipinski definition) is 2. The van der Waals surface area contributed by atoms with Crippen molar-refractivity contribution in [1.82, 2.24) is 15.2 Å². The van der Waals surface area contributed by atoms with Gasteiger partial charge in [-0.25, -0.2) is 4.79 Å². The molecule has 5 nitrogen and oxygen atoms in total. The van der Waals surface area contributed by atoms with Gasteiger partial charge in [-0.3, -0.25) is 15.2 Å². The summed E-state index contributed by atoms with van der Waals surface area (Å²) in [4.78, 5) is 19.3. The molecule has 5 heterocycles. The van der Waals surface area contributed by atoms with Crippen LogP contribution in [0.1, 0.15) is 24.0 Å². The predicted molar refractivity (Wildman–Crippen MR) is 101 cm³/mol. The van der Waals surface area contributed by atoms with Crippen molar-refractivity contribution in [2.24, 2.45) is 5.92 Å². The van der Waals surface area contributed by atoms with E-state index < -0.39 is 0 Å². The summed E-state index contributed by atoms with van der Waals surface area (Å²) < 4.78 is 0. The maximum atomic E-state index is 12.5. The number of aryl methyl sites for hydroxylation is 1. The molecular formula is C19H24N4OS. The smallest absolute Gasteiger partial charge is 0.320 e. The molecule has 2 bridgehead atoms. The molecule has 3 fully saturated rings. The van der Waals surface area contributed by atoms with Gasteiger partial charge in [0.05, 0.1) is 5.00 Å². The predicted octanol–water partition coefficient (Wildman–Crippen LogP) is 3.28. The molecule has 25 heavy (non-hydrogen) atoms. The third-order valence-corrected chi connectivity index (χ3v) is 6.36. The normalized spacial score (nSPS) is 27.9. The van der Waals surface area contributed by atoms with Gasteiger partial charge in [0.15, 0.2) is 0 Å². The zero-order chi connectivity index (χ0) is 17.2. The van der Waals surface area contributed by atoms with E-state index in [2.05, 4.69) is 32.0 Å². The van der Waals surface area contributed by atoms with Crippen LogP contribution in [-0.4, -0.2) is 41.1 Å². The van der Waals surface area contributed by atoms with Crippen molar-refractivity contribution in [2.45, 2.75) is 38.3 Å². The molecule has 0 aromatic carbocycles. The van der Waals surface area contributed by atoms with Crippen molar-refractivity contribution < 1.29 is 4.79 Å². The Morgan fingerprint density at radius 3 is 2.92 bits per heavy atom. The van der Waals surface area contributed by atoms with Gasteiger partial charge in [0.2, 0.25) is 0 Å². The van der Waals surface area contributed by atoms with Crippen LogP contribution in [-0.2, 0) is 6.42 Å². The van der Waals surface area contributed by atoms with Gasteiger partial charge in [0.25, 0.3) is 0 Å². The number of pyridine rings is 1. The first-order chi connectivity index (χ1) is 12.2. The highest BCUT2D eigenvalue weighted by molar-refractivity contribution is 7.14. The lowest BCUT2D eigenvalue weighted by molar-refractivity contribution is 0.0184. The largest absolute Gasteiger partial charge is 0.333 e. The molecule has 3 aliphatic rings. The number of carbonyl (C=O) groups is 1. The van der Waals surface area contributed by atoms with Crippen LogP contribution < -0.4 is 10.6 Å². The van der Waals surface area contributed by atoms with Crippen LogP contribution in [0.25, 0.3) is 0 Å². The van der Waals surface area contributed by atoms with Gasteiger partial charge in [-0.15, -0.1) is 11.3 Å². The first-order valence-corrected chi connectivity index (χ1v) is 9.82. The lowest BCUT2D eigenvalue weighted by Crippen LogP contribution is -2.64. The zero-order valence-corrected chi connectivity index (χ0v) is 15.3. The maximum Gasteiger partial charge on any atom is 0.320 e. The van der Waals surface area contributed by atoms with Gasteiger partial charge in [0, 0.05) is 24.5 Å². The molecule has 2 amide bonds. The summed E-state index contributed by atoms with van der Waals surface area (Å²) >= 11 is 1.57. The molecule has 2 aromatic heterocycles. The van der Waals surface area contributed by atoms with Gasteiger partial charge < -0.3 is 5.32 Å². The monoisotopic (exact) mass is 356 g/mol. The van der Waals surface area contributed by atoms with E-state index in [1.54, 1.807) is 11.3 Å². The van der Waals surface area contributed by atoms with E-state index in [-0.39, 0.29) is 12.1 Å². The second-order valence-electron chi connectivity index (χ2n) is 7.12. The fraction of sp³-hybridized carbons (Fsp3) is 0.474. The van der Waals surface area contributed by atoms with Crippen LogP contribution >= 0.6 is 11.3 Å². The number of nitrogens with zero attached hydrogens (tertiary/aromatic N) is 2. The standard InChI is InChI=1S/C19H24N4OS/c1-13-9-17(25-12-13)21-19(24)22-18-15-4-7-23(8-5-15)16(18)10-14-3-2-6-20-11-14/h2-3,6,9,11-12,15-16,18H,4-5,7-8,10H2,1H3,(H2,21,22,24). The Morgan fingerprint density at radius 1 is 1.40 bits per heavy atom. The Hall–Kier alpha value is -1.92. The molecule has 0 saturated carbocycles. The van der Waals surface area contributed by atoms with Crippen LogP contribution in [0.4, 0.5) is 9.80 Å². The third-order valence-electron chi connectivity index (χ3n) is 5.40. The highest BCUT2D eigenvalue weighted by atomic mass is 32.1. The zero-order valence-electron chi connectivity index (χ0n) is 14.4. The van der Waals surface area contributed by atoms with E-state index in [1.165, 1.54) is 24.0 Å². The summed E-state index contributed by atoms with van der Waals surface area (Å²) in [7, 11) is 0. The van der Waals surface area contributed by atoms with E-state index in [9.17, 15) is 4.79 Å². The SMILES string of the molecule is Cc1csc(NC(=O)NC2C3CCN(CC3)C2Cc2cccnc2)c1. The third kappa shape index (κ3) is 3.70. The molecule has 2 atom stereocenters. The van der Waals surface area contributed by atoms with Gasteiger partial charge in [-0.1, -0.05) is 6.07 Å². The van der Waals surface area contributed by atoms with Crippen LogP contribution in [0.2, 0.25) is 0 Å². The molecule has 0 spiro atoms. The molecular weight excluding hydrogens is 332 g/mol. The Morgan fingerprint density at radius 2 is 2.24 bits per heavy atom. The average Bonchev–Trinajstić information content (AvgIpc) is 3.03. The van der Waals surface area contributed by atoms with Crippen molar-refractivity contribution in [3.63, 3.8) is 0 Å². The summed E-state index contributed by atoms with van der Waals surface area (Å²) in [5, 5.41) is 9.22. The first kappa shape index (κ1) is 16.5. The van der Waals surface area contributed by atoms with Gasteiger partial charge >= 0.3 is 6.03 Å².